The van der Waals surface area contributed by atoms with E-state index in [2.05, 4.69) is 56.4 Å². The topological polar surface area (TPSA) is 29.9 Å². The van der Waals surface area contributed by atoms with Gasteiger partial charge in [0.05, 0.1) is 12.0 Å². The average molecular weight is 265 g/mol. The van der Waals surface area contributed by atoms with Crippen LogP contribution in [0.4, 0.5) is 0 Å². The summed E-state index contributed by atoms with van der Waals surface area (Å²) in [6.45, 7) is 16.8. The number of aromatic nitrogens is 2. The van der Waals surface area contributed by atoms with E-state index in [1.165, 1.54) is 5.69 Å². The predicted molar refractivity (Wildman–Crippen MR) is 81.9 cm³/mol. The first-order valence-electron chi connectivity index (χ1n) is 7.61. The average Bonchev–Trinajstić information content (AvgIpc) is 2.72. The van der Waals surface area contributed by atoms with E-state index < -0.39 is 0 Å². The normalized spacial score (nSPS) is 12.3. The first-order valence-corrected chi connectivity index (χ1v) is 7.61. The van der Waals surface area contributed by atoms with Gasteiger partial charge in [-0.1, -0.05) is 41.5 Å². The van der Waals surface area contributed by atoms with Crippen LogP contribution in [0.3, 0.4) is 0 Å². The van der Waals surface area contributed by atoms with E-state index in [0.29, 0.717) is 23.7 Å². The third-order valence-electron chi connectivity index (χ3n) is 3.78. The molecule has 1 aromatic rings. The largest absolute Gasteiger partial charge is 0.333 e. The molecule has 1 rings (SSSR count). The zero-order valence-electron chi connectivity index (χ0n) is 13.5. The summed E-state index contributed by atoms with van der Waals surface area (Å²) < 4.78 is 2.32. The van der Waals surface area contributed by atoms with Gasteiger partial charge < -0.3 is 9.88 Å². The van der Waals surface area contributed by atoms with Gasteiger partial charge in [-0.05, 0) is 30.2 Å². The van der Waals surface area contributed by atoms with Crippen LogP contribution in [0.1, 0.15) is 47.2 Å². The maximum atomic E-state index is 4.31. The third kappa shape index (κ3) is 5.35. The molecular weight excluding hydrogens is 234 g/mol. The Hall–Kier alpha value is -0.830. The number of hydrogen-bond acceptors (Lipinski definition) is 2. The summed E-state index contributed by atoms with van der Waals surface area (Å²) in [5.41, 5.74) is 1.30. The standard InChI is InChI=1S/C16H31N3/c1-12(2)7-17-8-15-9-18-11-19(15)10-16(13(3)4)14(5)6/h9,11-14,16-17H,7-8,10H2,1-6H3. The van der Waals surface area contributed by atoms with Crippen molar-refractivity contribution in [3.8, 4) is 0 Å². The second-order valence-electron chi connectivity index (χ2n) is 6.71. The molecule has 0 aliphatic rings. The van der Waals surface area contributed by atoms with E-state index in [4.69, 9.17) is 0 Å². The van der Waals surface area contributed by atoms with Crippen molar-refractivity contribution in [2.45, 2.75) is 54.6 Å². The molecule has 0 unspecified atom stereocenters. The molecule has 1 heterocycles. The van der Waals surface area contributed by atoms with Crippen molar-refractivity contribution >= 4 is 0 Å². The van der Waals surface area contributed by atoms with Crippen molar-refractivity contribution in [3.63, 3.8) is 0 Å². The van der Waals surface area contributed by atoms with E-state index in [1.807, 2.05) is 12.5 Å². The zero-order chi connectivity index (χ0) is 14.4. The molecule has 1 aromatic heterocycles. The molecule has 3 heteroatoms. The second-order valence-corrected chi connectivity index (χ2v) is 6.71. The fourth-order valence-corrected chi connectivity index (χ4v) is 2.57. The molecule has 0 radical (unpaired) electrons. The summed E-state index contributed by atoms with van der Waals surface area (Å²) in [5, 5.41) is 3.50. The van der Waals surface area contributed by atoms with Crippen LogP contribution in [-0.4, -0.2) is 16.1 Å². The van der Waals surface area contributed by atoms with Crippen LogP contribution >= 0.6 is 0 Å². The highest BCUT2D eigenvalue weighted by molar-refractivity contribution is 4.98. The Bertz CT molecular complexity index is 345. The van der Waals surface area contributed by atoms with Crippen molar-refractivity contribution in [2.24, 2.45) is 23.7 Å². The molecule has 19 heavy (non-hydrogen) atoms. The molecule has 0 atom stereocenters. The molecule has 0 aliphatic carbocycles. The minimum Gasteiger partial charge on any atom is -0.333 e. The van der Waals surface area contributed by atoms with Crippen LogP contribution in [0, 0.1) is 23.7 Å². The van der Waals surface area contributed by atoms with Crippen LogP contribution in [-0.2, 0) is 13.1 Å². The molecule has 0 spiro atoms. The Morgan fingerprint density at radius 1 is 1.11 bits per heavy atom. The molecule has 3 nitrogen and oxygen atoms in total. The van der Waals surface area contributed by atoms with E-state index in [-0.39, 0.29) is 0 Å². The quantitative estimate of drug-likeness (QED) is 0.779. The van der Waals surface area contributed by atoms with Crippen LogP contribution in [0.5, 0.6) is 0 Å². The summed E-state index contributed by atoms with van der Waals surface area (Å²) >= 11 is 0. The highest BCUT2D eigenvalue weighted by Gasteiger charge is 2.18. The lowest BCUT2D eigenvalue weighted by molar-refractivity contribution is 0.249. The number of nitrogens with one attached hydrogen (secondary N) is 1. The monoisotopic (exact) mass is 265 g/mol. The Balaban J connectivity index is 2.61. The number of hydrogen-bond donors (Lipinski definition) is 1. The third-order valence-corrected chi connectivity index (χ3v) is 3.78. The van der Waals surface area contributed by atoms with Crippen molar-refractivity contribution in [1.82, 2.24) is 14.9 Å². The molecule has 0 bridgehead atoms. The van der Waals surface area contributed by atoms with Gasteiger partial charge in [0, 0.05) is 19.3 Å². The summed E-state index contributed by atoms with van der Waals surface area (Å²) in [6, 6.07) is 0. The number of rotatable bonds is 8. The van der Waals surface area contributed by atoms with Crippen molar-refractivity contribution in [1.29, 1.82) is 0 Å². The second kappa shape index (κ2) is 7.68. The molecule has 0 amide bonds. The van der Waals surface area contributed by atoms with Crippen LogP contribution < -0.4 is 5.32 Å². The maximum Gasteiger partial charge on any atom is 0.0948 e. The Labute approximate surface area is 118 Å². The first kappa shape index (κ1) is 16.2. The lowest BCUT2D eigenvalue weighted by atomic mass is 9.85. The van der Waals surface area contributed by atoms with E-state index in [1.54, 1.807) is 0 Å². The summed E-state index contributed by atoms with van der Waals surface area (Å²) in [4.78, 5) is 4.31. The van der Waals surface area contributed by atoms with Gasteiger partial charge in [-0.15, -0.1) is 0 Å². The Kier molecular flexibility index (Phi) is 6.56. The van der Waals surface area contributed by atoms with Crippen LogP contribution in [0.25, 0.3) is 0 Å². The Morgan fingerprint density at radius 2 is 1.74 bits per heavy atom. The molecular formula is C16H31N3. The van der Waals surface area contributed by atoms with Gasteiger partial charge in [0.25, 0.3) is 0 Å². The summed E-state index contributed by atoms with van der Waals surface area (Å²) in [7, 11) is 0. The first-order chi connectivity index (χ1) is 8.91. The zero-order valence-corrected chi connectivity index (χ0v) is 13.5. The van der Waals surface area contributed by atoms with Crippen LogP contribution in [0.15, 0.2) is 12.5 Å². The van der Waals surface area contributed by atoms with Gasteiger partial charge in [0.15, 0.2) is 0 Å². The molecule has 0 aliphatic heterocycles. The van der Waals surface area contributed by atoms with E-state index >= 15 is 0 Å². The molecule has 0 aromatic carbocycles. The molecule has 0 fully saturated rings. The molecule has 1 N–H and O–H groups in total. The Morgan fingerprint density at radius 3 is 2.26 bits per heavy atom. The van der Waals surface area contributed by atoms with Gasteiger partial charge in [-0.3, -0.25) is 0 Å². The van der Waals surface area contributed by atoms with Crippen molar-refractivity contribution < 1.29 is 0 Å². The van der Waals surface area contributed by atoms with E-state index in [9.17, 15) is 0 Å². The molecule has 0 saturated carbocycles. The van der Waals surface area contributed by atoms with Gasteiger partial charge >= 0.3 is 0 Å². The fourth-order valence-electron chi connectivity index (χ4n) is 2.57. The SMILES string of the molecule is CC(C)CNCc1cncn1CC(C(C)C)C(C)C. The number of nitrogens with zero attached hydrogens (tertiary/aromatic N) is 2. The lowest BCUT2D eigenvalue weighted by Crippen LogP contribution is -2.25. The number of imidazole rings is 1. The van der Waals surface area contributed by atoms with E-state index in [0.717, 1.165) is 19.6 Å². The van der Waals surface area contributed by atoms with Gasteiger partial charge in [0.2, 0.25) is 0 Å². The molecule has 110 valence electrons. The van der Waals surface area contributed by atoms with Crippen molar-refractivity contribution in [2.75, 3.05) is 6.54 Å². The smallest absolute Gasteiger partial charge is 0.0948 e. The van der Waals surface area contributed by atoms with Gasteiger partial charge in [0.1, 0.15) is 0 Å². The minimum absolute atomic E-state index is 0.690. The predicted octanol–water partition coefficient (Wildman–Crippen LogP) is 3.56. The summed E-state index contributed by atoms with van der Waals surface area (Å²) in [5.74, 6) is 2.81. The van der Waals surface area contributed by atoms with Crippen molar-refractivity contribution in [3.05, 3.63) is 18.2 Å². The fraction of sp³-hybridized carbons (Fsp3) is 0.812. The van der Waals surface area contributed by atoms with Gasteiger partial charge in [-0.2, -0.15) is 0 Å². The highest BCUT2D eigenvalue weighted by Crippen LogP contribution is 2.23. The maximum absolute atomic E-state index is 4.31. The lowest BCUT2D eigenvalue weighted by Gasteiger charge is -2.26. The van der Waals surface area contributed by atoms with Crippen LogP contribution in [0.2, 0.25) is 0 Å². The summed E-state index contributed by atoms with van der Waals surface area (Å²) in [6.07, 6.45) is 3.97. The molecule has 0 saturated heterocycles. The van der Waals surface area contributed by atoms with Gasteiger partial charge in [-0.25, -0.2) is 4.98 Å². The minimum atomic E-state index is 0.690. The highest BCUT2D eigenvalue weighted by atomic mass is 15.1.